The van der Waals surface area contributed by atoms with Gasteiger partial charge in [-0.1, -0.05) is 60.7 Å². The lowest BCUT2D eigenvalue weighted by molar-refractivity contribution is -0.128. The summed E-state index contributed by atoms with van der Waals surface area (Å²) < 4.78 is 0. The van der Waals surface area contributed by atoms with Gasteiger partial charge in [0.1, 0.15) is 0 Å². The van der Waals surface area contributed by atoms with Crippen LogP contribution in [0.5, 0.6) is 0 Å². The van der Waals surface area contributed by atoms with E-state index in [2.05, 4.69) is 5.32 Å². The van der Waals surface area contributed by atoms with Crippen molar-refractivity contribution in [2.45, 2.75) is 31.1 Å². The predicted molar refractivity (Wildman–Crippen MR) is 107 cm³/mol. The number of nitrogens with zero attached hydrogens (tertiary/aromatic N) is 1. The molecular formula is C21H25BN2O4. The third-order valence-electron chi connectivity index (χ3n) is 5.10. The van der Waals surface area contributed by atoms with Crippen molar-refractivity contribution in [2.24, 2.45) is 0 Å². The van der Waals surface area contributed by atoms with E-state index in [9.17, 15) is 19.6 Å². The molecule has 0 saturated carbocycles. The molecular weight excluding hydrogens is 355 g/mol. The van der Waals surface area contributed by atoms with Crippen molar-refractivity contribution in [2.75, 3.05) is 13.1 Å². The van der Waals surface area contributed by atoms with E-state index >= 15 is 0 Å². The van der Waals surface area contributed by atoms with E-state index in [0.717, 1.165) is 11.1 Å². The molecule has 1 aliphatic heterocycles. The number of hydrogen-bond acceptors (Lipinski definition) is 4. The van der Waals surface area contributed by atoms with Crippen molar-refractivity contribution >= 4 is 18.9 Å². The number of likely N-dealkylation sites (tertiary alicyclic amines) is 1. The highest BCUT2D eigenvalue weighted by Crippen LogP contribution is 2.27. The molecule has 1 heterocycles. The van der Waals surface area contributed by atoms with E-state index in [-0.39, 0.29) is 24.2 Å². The number of amides is 2. The Hall–Kier alpha value is -2.64. The number of carbonyl (C=O) groups excluding carboxylic acids is 2. The summed E-state index contributed by atoms with van der Waals surface area (Å²) in [4.78, 5) is 26.3. The average Bonchev–Trinajstić information content (AvgIpc) is 3.08. The van der Waals surface area contributed by atoms with Gasteiger partial charge in [0.15, 0.2) is 0 Å². The molecule has 0 aromatic heterocycles. The maximum Gasteiger partial charge on any atom is 0.475 e. The second-order valence-corrected chi connectivity index (χ2v) is 7.18. The first-order chi connectivity index (χ1) is 13.5. The van der Waals surface area contributed by atoms with Crippen LogP contribution in [0.25, 0.3) is 0 Å². The van der Waals surface area contributed by atoms with E-state index < -0.39 is 13.1 Å². The molecule has 146 valence electrons. The first-order valence-corrected chi connectivity index (χ1v) is 9.55. The summed E-state index contributed by atoms with van der Waals surface area (Å²) in [6.07, 6.45) is 0.909. The molecule has 1 aliphatic rings. The van der Waals surface area contributed by atoms with Crippen LogP contribution in [0.4, 0.5) is 0 Å². The fourth-order valence-electron chi connectivity index (χ4n) is 3.55. The summed E-state index contributed by atoms with van der Waals surface area (Å²) in [5.74, 6) is -0.891. The topological polar surface area (TPSA) is 89.9 Å². The quantitative estimate of drug-likeness (QED) is 0.599. The summed E-state index contributed by atoms with van der Waals surface area (Å²) >= 11 is 0. The van der Waals surface area contributed by atoms with Gasteiger partial charge in [-0.3, -0.25) is 9.59 Å². The molecule has 0 aliphatic carbocycles. The molecule has 2 aromatic rings. The summed E-state index contributed by atoms with van der Waals surface area (Å²) in [5.41, 5.74) is 2.04. The van der Waals surface area contributed by atoms with Crippen LogP contribution in [0.1, 0.15) is 29.9 Å². The van der Waals surface area contributed by atoms with Crippen molar-refractivity contribution in [1.29, 1.82) is 0 Å². The van der Waals surface area contributed by atoms with E-state index in [4.69, 9.17) is 0 Å². The number of rotatable bonds is 8. The van der Waals surface area contributed by atoms with Gasteiger partial charge in [-0.15, -0.1) is 0 Å². The zero-order chi connectivity index (χ0) is 19.9. The Morgan fingerprint density at radius 1 is 1.11 bits per heavy atom. The number of carbonyl (C=O) groups is 2. The summed E-state index contributed by atoms with van der Waals surface area (Å²) in [6, 6.07) is 19.2. The maximum absolute atomic E-state index is 12.3. The van der Waals surface area contributed by atoms with Gasteiger partial charge in [0.2, 0.25) is 11.8 Å². The standard InChI is InChI=1S/C21H25BN2O4/c25-20(23-19(22(27)28)13-16-7-3-1-4-8-16)11-12-24-15-18(14-21(24)26)17-9-5-2-6-10-17/h1-10,18-19,27-28H,11-15H2,(H,23,25). The maximum atomic E-state index is 12.3. The van der Waals surface area contributed by atoms with Crippen molar-refractivity contribution in [1.82, 2.24) is 10.2 Å². The Morgan fingerprint density at radius 3 is 2.39 bits per heavy atom. The Labute approximate surface area is 165 Å². The molecule has 3 N–H and O–H groups in total. The normalized spacial score (nSPS) is 17.4. The second-order valence-electron chi connectivity index (χ2n) is 7.18. The molecule has 7 heteroatoms. The van der Waals surface area contributed by atoms with E-state index in [0.29, 0.717) is 25.9 Å². The molecule has 6 nitrogen and oxygen atoms in total. The third kappa shape index (κ3) is 5.44. The fraction of sp³-hybridized carbons (Fsp3) is 0.333. The van der Waals surface area contributed by atoms with Crippen LogP contribution in [-0.2, 0) is 16.0 Å². The molecule has 0 bridgehead atoms. The predicted octanol–water partition coefficient (Wildman–Crippen LogP) is 1.13. The fourth-order valence-corrected chi connectivity index (χ4v) is 3.55. The number of benzene rings is 2. The highest BCUT2D eigenvalue weighted by Gasteiger charge is 2.31. The third-order valence-corrected chi connectivity index (χ3v) is 5.10. The minimum atomic E-state index is -1.65. The highest BCUT2D eigenvalue weighted by atomic mass is 16.4. The SMILES string of the molecule is O=C(CCN1CC(c2ccccc2)CC1=O)NC(Cc1ccccc1)B(O)O. The van der Waals surface area contributed by atoms with Crippen molar-refractivity contribution in [3.63, 3.8) is 0 Å². The van der Waals surface area contributed by atoms with E-state index in [1.807, 2.05) is 60.7 Å². The van der Waals surface area contributed by atoms with Gasteiger partial charge in [-0.05, 0) is 17.5 Å². The van der Waals surface area contributed by atoms with Crippen molar-refractivity contribution < 1.29 is 19.6 Å². The van der Waals surface area contributed by atoms with Crippen LogP contribution < -0.4 is 5.32 Å². The lowest BCUT2D eigenvalue weighted by atomic mass is 9.76. The molecule has 28 heavy (non-hydrogen) atoms. The number of nitrogens with one attached hydrogen (secondary N) is 1. The van der Waals surface area contributed by atoms with Crippen LogP contribution in [0, 0.1) is 0 Å². The molecule has 0 spiro atoms. The van der Waals surface area contributed by atoms with Crippen LogP contribution >= 0.6 is 0 Å². The first kappa shape index (κ1) is 20.1. The Kier molecular flexibility index (Phi) is 6.84. The van der Waals surface area contributed by atoms with Crippen molar-refractivity contribution in [3.05, 3.63) is 71.8 Å². The minimum absolute atomic E-state index is 0.0460. The zero-order valence-corrected chi connectivity index (χ0v) is 15.7. The Balaban J connectivity index is 1.49. The summed E-state index contributed by atoms with van der Waals surface area (Å²) in [7, 11) is -1.65. The Bertz CT molecular complexity index is 786. The molecule has 1 saturated heterocycles. The monoisotopic (exact) mass is 380 g/mol. The molecule has 2 atom stereocenters. The summed E-state index contributed by atoms with van der Waals surface area (Å²) in [5, 5.41) is 21.8. The zero-order valence-electron chi connectivity index (χ0n) is 15.7. The van der Waals surface area contributed by atoms with Crippen LogP contribution in [0.3, 0.4) is 0 Å². The van der Waals surface area contributed by atoms with Gasteiger partial charge < -0.3 is 20.3 Å². The lowest BCUT2D eigenvalue weighted by Crippen LogP contribution is -2.48. The summed E-state index contributed by atoms with van der Waals surface area (Å²) in [6.45, 7) is 0.930. The molecule has 1 fully saturated rings. The van der Waals surface area contributed by atoms with Gasteiger partial charge in [0, 0.05) is 31.8 Å². The molecule has 2 aromatic carbocycles. The van der Waals surface area contributed by atoms with Gasteiger partial charge in [0.25, 0.3) is 0 Å². The van der Waals surface area contributed by atoms with Crippen LogP contribution in [0.2, 0.25) is 0 Å². The highest BCUT2D eigenvalue weighted by molar-refractivity contribution is 6.43. The van der Waals surface area contributed by atoms with Crippen LogP contribution in [-0.4, -0.2) is 52.9 Å². The smallest absolute Gasteiger partial charge is 0.426 e. The van der Waals surface area contributed by atoms with Gasteiger partial charge in [-0.25, -0.2) is 0 Å². The van der Waals surface area contributed by atoms with E-state index in [1.165, 1.54) is 0 Å². The molecule has 3 rings (SSSR count). The Morgan fingerprint density at radius 2 is 1.75 bits per heavy atom. The van der Waals surface area contributed by atoms with Gasteiger partial charge in [-0.2, -0.15) is 0 Å². The minimum Gasteiger partial charge on any atom is -0.426 e. The number of hydrogen-bond donors (Lipinski definition) is 3. The van der Waals surface area contributed by atoms with Gasteiger partial charge >= 0.3 is 7.12 Å². The van der Waals surface area contributed by atoms with Crippen LogP contribution in [0.15, 0.2) is 60.7 Å². The molecule has 2 unspecified atom stereocenters. The van der Waals surface area contributed by atoms with E-state index in [1.54, 1.807) is 4.90 Å². The average molecular weight is 380 g/mol. The lowest BCUT2D eigenvalue weighted by Gasteiger charge is -2.20. The van der Waals surface area contributed by atoms with Gasteiger partial charge in [0.05, 0.1) is 5.94 Å². The largest absolute Gasteiger partial charge is 0.475 e. The van der Waals surface area contributed by atoms with Crippen molar-refractivity contribution in [3.8, 4) is 0 Å². The molecule has 0 radical (unpaired) electrons. The first-order valence-electron chi connectivity index (χ1n) is 9.55. The second kappa shape index (κ2) is 9.53. The molecule has 2 amide bonds.